The van der Waals surface area contributed by atoms with Crippen LogP contribution in [0.15, 0.2) is 39.8 Å². The maximum Gasteiger partial charge on any atom is 0.369 e. The van der Waals surface area contributed by atoms with Crippen LogP contribution in [0.4, 0.5) is 0 Å². The van der Waals surface area contributed by atoms with Crippen molar-refractivity contribution in [3.63, 3.8) is 0 Å². The van der Waals surface area contributed by atoms with Gasteiger partial charge in [0.1, 0.15) is 5.00 Å². The summed E-state index contributed by atoms with van der Waals surface area (Å²) >= 11 is 2.96. The van der Waals surface area contributed by atoms with E-state index >= 15 is 0 Å². The molecule has 9 heteroatoms. The Bertz CT molecular complexity index is 789. The molecule has 0 aliphatic heterocycles. The Morgan fingerprint density at radius 1 is 1.18 bits per heavy atom. The maximum atomic E-state index is 12.1. The summed E-state index contributed by atoms with van der Waals surface area (Å²) < 4.78 is 2.49. The van der Waals surface area contributed by atoms with E-state index in [1.807, 2.05) is 29.0 Å². The fourth-order valence-corrected chi connectivity index (χ4v) is 3.25. The van der Waals surface area contributed by atoms with Crippen molar-refractivity contribution in [2.45, 2.75) is 13.0 Å². The Morgan fingerprint density at radius 3 is 2.73 bits per heavy atom. The zero-order valence-electron chi connectivity index (χ0n) is 11.5. The lowest BCUT2D eigenvalue weighted by molar-refractivity contribution is -0.120. The van der Waals surface area contributed by atoms with Crippen LogP contribution >= 0.6 is 22.7 Å². The maximum absolute atomic E-state index is 12.1. The van der Waals surface area contributed by atoms with Gasteiger partial charge in [-0.2, -0.15) is 9.36 Å². The quantitative estimate of drug-likeness (QED) is 0.726. The monoisotopic (exact) mass is 335 g/mol. The van der Waals surface area contributed by atoms with Crippen LogP contribution < -0.4 is 11.0 Å². The number of nitrogens with one attached hydrogen (secondary N) is 1. The Labute approximate surface area is 133 Å². The van der Waals surface area contributed by atoms with E-state index in [9.17, 15) is 9.59 Å². The third kappa shape index (κ3) is 3.31. The van der Waals surface area contributed by atoms with E-state index in [1.54, 1.807) is 17.4 Å². The molecule has 0 bridgehead atoms. The van der Waals surface area contributed by atoms with Crippen LogP contribution in [0.3, 0.4) is 0 Å². The number of aromatic nitrogens is 4. The van der Waals surface area contributed by atoms with Crippen LogP contribution in [0.1, 0.15) is 4.88 Å². The highest BCUT2D eigenvalue weighted by atomic mass is 32.1. The fraction of sp³-hybridized carbons (Fsp3) is 0.231. The fourth-order valence-electron chi connectivity index (χ4n) is 1.88. The first-order valence-corrected chi connectivity index (χ1v) is 8.36. The Morgan fingerprint density at radius 2 is 2.00 bits per heavy atom. The minimum Gasteiger partial charge on any atom is -0.354 e. The van der Waals surface area contributed by atoms with Gasteiger partial charge in [-0.25, -0.2) is 4.79 Å². The van der Waals surface area contributed by atoms with E-state index in [-0.39, 0.29) is 11.6 Å². The summed E-state index contributed by atoms with van der Waals surface area (Å²) in [6, 6.07) is 7.47. The van der Waals surface area contributed by atoms with Gasteiger partial charge in [0.05, 0.1) is 13.0 Å². The van der Waals surface area contributed by atoms with Gasteiger partial charge in [-0.1, -0.05) is 6.07 Å². The average Bonchev–Trinajstić information content (AvgIpc) is 3.22. The normalized spacial score (nSPS) is 10.7. The molecular weight excluding hydrogens is 322 g/mol. The number of nitrogens with zero attached hydrogens (tertiary/aromatic N) is 4. The number of thiophene rings is 2. The van der Waals surface area contributed by atoms with E-state index in [0.717, 1.165) is 9.88 Å². The summed E-state index contributed by atoms with van der Waals surface area (Å²) in [5.74, 6) is -0.0684. The van der Waals surface area contributed by atoms with Crippen molar-refractivity contribution in [1.29, 1.82) is 0 Å². The molecule has 0 saturated heterocycles. The molecule has 0 saturated carbocycles. The molecule has 0 radical (unpaired) electrons. The number of amides is 1. The molecule has 114 valence electrons. The smallest absolute Gasteiger partial charge is 0.354 e. The van der Waals surface area contributed by atoms with Crippen LogP contribution in [0.5, 0.6) is 0 Å². The molecule has 0 fully saturated rings. The van der Waals surface area contributed by atoms with Gasteiger partial charge in [-0.15, -0.1) is 22.7 Å². The Balaban J connectivity index is 1.54. The lowest BCUT2D eigenvalue weighted by Gasteiger charge is -2.03. The highest BCUT2D eigenvalue weighted by Crippen LogP contribution is 2.10. The topological polar surface area (TPSA) is 81.8 Å². The van der Waals surface area contributed by atoms with Crippen LogP contribution in [0.25, 0.3) is 5.00 Å². The lowest BCUT2D eigenvalue weighted by Crippen LogP contribution is -2.32. The summed E-state index contributed by atoms with van der Waals surface area (Å²) in [7, 11) is 0. The standard InChI is InChI=1S/C13H13N5O2S2/c19-11(9-10-3-1-7-21-10)14-5-6-17-13(20)18(16-15-17)12-4-2-8-22-12/h1-4,7-8H,5-6,9H2,(H,14,19). The van der Waals surface area contributed by atoms with E-state index in [4.69, 9.17) is 0 Å². The third-order valence-corrected chi connectivity index (χ3v) is 4.64. The van der Waals surface area contributed by atoms with Gasteiger partial charge in [0.2, 0.25) is 5.91 Å². The molecule has 0 spiro atoms. The molecule has 3 rings (SSSR count). The molecule has 0 unspecified atom stereocenters. The summed E-state index contributed by atoms with van der Waals surface area (Å²) in [5.41, 5.74) is -0.310. The summed E-state index contributed by atoms with van der Waals surface area (Å²) in [6.45, 7) is 0.633. The van der Waals surface area contributed by atoms with Crippen molar-refractivity contribution in [1.82, 2.24) is 25.1 Å². The molecule has 22 heavy (non-hydrogen) atoms. The van der Waals surface area contributed by atoms with E-state index in [1.165, 1.54) is 20.7 Å². The minimum absolute atomic E-state index is 0.0684. The summed E-state index contributed by atoms with van der Waals surface area (Å²) in [6.07, 6.45) is 0.356. The van der Waals surface area contributed by atoms with Crippen molar-refractivity contribution in [3.8, 4) is 5.00 Å². The van der Waals surface area contributed by atoms with Crippen molar-refractivity contribution in [2.75, 3.05) is 6.54 Å². The summed E-state index contributed by atoms with van der Waals surface area (Å²) in [5, 5.41) is 14.9. The van der Waals surface area contributed by atoms with Crippen LogP contribution in [0, 0.1) is 0 Å². The van der Waals surface area contributed by atoms with Crippen molar-refractivity contribution in [2.24, 2.45) is 0 Å². The van der Waals surface area contributed by atoms with Crippen LogP contribution in [-0.4, -0.2) is 32.2 Å². The largest absolute Gasteiger partial charge is 0.369 e. The van der Waals surface area contributed by atoms with Crippen molar-refractivity contribution in [3.05, 3.63) is 50.4 Å². The second kappa shape index (κ2) is 6.67. The average molecular weight is 335 g/mol. The Kier molecular flexibility index (Phi) is 4.45. The number of carbonyl (C=O) groups excluding carboxylic acids is 1. The minimum atomic E-state index is -0.310. The lowest BCUT2D eigenvalue weighted by atomic mass is 10.3. The van der Waals surface area contributed by atoms with Gasteiger partial charge >= 0.3 is 5.69 Å². The summed E-state index contributed by atoms with van der Waals surface area (Å²) in [4.78, 5) is 24.9. The molecule has 7 nitrogen and oxygen atoms in total. The van der Waals surface area contributed by atoms with Crippen molar-refractivity contribution >= 4 is 28.6 Å². The van der Waals surface area contributed by atoms with Gasteiger partial charge in [0.25, 0.3) is 0 Å². The van der Waals surface area contributed by atoms with Gasteiger partial charge in [0.15, 0.2) is 0 Å². The second-order valence-corrected chi connectivity index (χ2v) is 6.41. The molecule has 0 aromatic carbocycles. The molecule has 3 aromatic rings. The Hall–Kier alpha value is -2.26. The predicted octanol–water partition coefficient (Wildman–Crippen LogP) is 0.911. The van der Waals surface area contributed by atoms with E-state index < -0.39 is 0 Å². The third-order valence-electron chi connectivity index (χ3n) is 2.91. The van der Waals surface area contributed by atoms with Gasteiger partial charge in [-0.3, -0.25) is 4.79 Å². The molecule has 3 aromatic heterocycles. The van der Waals surface area contributed by atoms with E-state index in [2.05, 4.69) is 15.7 Å². The first-order valence-electron chi connectivity index (χ1n) is 6.60. The predicted molar refractivity (Wildman–Crippen MR) is 84.5 cm³/mol. The molecule has 0 atom stereocenters. The van der Waals surface area contributed by atoms with Gasteiger partial charge in [-0.05, 0) is 39.4 Å². The highest BCUT2D eigenvalue weighted by Gasteiger charge is 2.10. The van der Waals surface area contributed by atoms with Crippen LogP contribution in [0.2, 0.25) is 0 Å². The first kappa shape index (κ1) is 14.7. The molecule has 0 aliphatic carbocycles. The molecule has 0 aliphatic rings. The van der Waals surface area contributed by atoms with Crippen molar-refractivity contribution < 1.29 is 4.79 Å². The molecule has 1 N–H and O–H groups in total. The zero-order chi connectivity index (χ0) is 15.4. The zero-order valence-corrected chi connectivity index (χ0v) is 13.1. The van der Waals surface area contributed by atoms with Gasteiger partial charge < -0.3 is 5.32 Å². The SMILES string of the molecule is O=C(Cc1cccs1)NCCn1nnn(-c2cccs2)c1=O. The molecular formula is C13H13N5O2S2. The van der Waals surface area contributed by atoms with E-state index in [0.29, 0.717) is 19.5 Å². The van der Waals surface area contributed by atoms with Crippen LogP contribution in [-0.2, 0) is 17.8 Å². The molecule has 1 amide bonds. The number of carbonyl (C=O) groups is 1. The first-order chi connectivity index (χ1) is 10.7. The number of hydrogen-bond acceptors (Lipinski definition) is 6. The number of hydrogen-bond donors (Lipinski definition) is 1. The number of rotatable bonds is 6. The highest BCUT2D eigenvalue weighted by molar-refractivity contribution is 7.12. The second-order valence-electron chi connectivity index (χ2n) is 4.45. The molecule has 3 heterocycles. The number of tetrazole rings is 1. The van der Waals surface area contributed by atoms with Gasteiger partial charge in [0, 0.05) is 11.4 Å².